The molecule has 1 aliphatic rings. The van der Waals surface area contributed by atoms with Crippen molar-refractivity contribution in [2.45, 2.75) is 42.6 Å². The van der Waals surface area contributed by atoms with Crippen LogP contribution in [0.15, 0.2) is 42.1 Å². The summed E-state index contributed by atoms with van der Waals surface area (Å²) in [5.74, 6) is 1.33. The van der Waals surface area contributed by atoms with Crippen molar-refractivity contribution in [2.24, 2.45) is 0 Å². The predicted octanol–water partition coefficient (Wildman–Crippen LogP) is 3.33. The first-order valence-corrected chi connectivity index (χ1v) is 9.02. The molecule has 1 fully saturated rings. The van der Waals surface area contributed by atoms with E-state index in [4.69, 9.17) is 5.26 Å². The highest BCUT2D eigenvalue weighted by Crippen LogP contribution is 2.40. The molecule has 0 radical (unpaired) electrons. The van der Waals surface area contributed by atoms with E-state index >= 15 is 0 Å². The van der Waals surface area contributed by atoms with Crippen molar-refractivity contribution in [3.05, 3.63) is 48.3 Å². The predicted molar refractivity (Wildman–Crippen MR) is 97.3 cm³/mol. The van der Waals surface area contributed by atoms with Crippen LogP contribution in [0.1, 0.15) is 37.1 Å². The number of thioether (sulfide) groups is 1. The summed E-state index contributed by atoms with van der Waals surface area (Å²) < 4.78 is 2.04. The molecule has 2 aromatic rings. The van der Waals surface area contributed by atoms with Gasteiger partial charge in [0.25, 0.3) is 0 Å². The number of anilines is 1. The molecule has 1 unspecified atom stereocenters. The number of benzene rings is 1. The van der Waals surface area contributed by atoms with Crippen molar-refractivity contribution in [2.75, 3.05) is 5.32 Å². The first-order valence-electron chi connectivity index (χ1n) is 8.14. The zero-order valence-electron chi connectivity index (χ0n) is 14.0. The van der Waals surface area contributed by atoms with Gasteiger partial charge in [0, 0.05) is 18.2 Å². The molecular formula is C18H19N5OS. The third-order valence-corrected chi connectivity index (χ3v) is 4.99. The highest BCUT2D eigenvalue weighted by atomic mass is 32.2. The van der Waals surface area contributed by atoms with Gasteiger partial charge in [-0.2, -0.15) is 5.26 Å². The molecule has 3 rings (SSSR count). The Labute approximate surface area is 150 Å². The fraction of sp³-hybridized carbons (Fsp3) is 0.333. The van der Waals surface area contributed by atoms with E-state index in [2.05, 4.69) is 28.2 Å². The second-order valence-electron chi connectivity index (χ2n) is 5.96. The zero-order valence-corrected chi connectivity index (χ0v) is 14.8. The SMILES string of the molecule is C=CCn1c(SC(C)C(=O)Nc2cccc(C#N)c2)nnc1C1CC1. The average Bonchev–Trinajstić information content (AvgIpc) is 3.39. The number of hydrogen-bond donors (Lipinski definition) is 1. The Morgan fingerprint density at radius 3 is 3.04 bits per heavy atom. The monoisotopic (exact) mass is 353 g/mol. The number of nitrogens with one attached hydrogen (secondary N) is 1. The molecule has 1 saturated carbocycles. The molecule has 25 heavy (non-hydrogen) atoms. The average molecular weight is 353 g/mol. The van der Waals surface area contributed by atoms with E-state index in [0.29, 0.717) is 23.7 Å². The van der Waals surface area contributed by atoms with Crippen molar-refractivity contribution >= 4 is 23.4 Å². The lowest BCUT2D eigenvalue weighted by Crippen LogP contribution is -2.23. The van der Waals surface area contributed by atoms with E-state index in [0.717, 1.165) is 23.8 Å². The lowest BCUT2D eigenvalue weighted by atomic mass is 10.2. The van der Waals surface area contributed by atoms with E-state index < -0.39 is 0 Å². The smallest absolute Gasteiger partial charge is 0.237 e. The quantitative estimate of drug-likeness (QED) is 0.610. The van der Waals surface area contributed by atoms with E-state index in [1.165, 1.54) is 11.8 Å². The van der Waals surface area contributed by atoms with Gasteiger partial charge in [-0.3, -0.25) is 4.79 Å². The summed E-state index contributed by atoms with van der Waals surface area (Å²) in [5, 5.41) is 20.7. The third-order valence-electron chi connectivity index (χ3n) is 3.91. The molecular weight excluding hydrogens is 334 g/mol. The topological polar surface area (TPSA) is 83.6 Å². The van der Waals surface area contributed by atoms with Crippen LogP contribution in [-0.4, -0.2) is 25.9 Å². The Bertz CT molecular complexity index is 834. The van der Waals surface area contributed by atoms with Gasteiger partial charge in [-0.05, 0) is 38.0 Å². The van der Waals surface area contributed by atoms with Crippen molar-refractivity contribution in [3.63, 3.8) is 0 Å². The van der Waals surface area contributed by atoms with Gasteiger partial charge in [-0.25, -0.2) is 0 Å². The Hall–Kier alpha value is -2.59. The molecule has 128 valence electrons. The minimum atomic E-state index is -0.342. The summed E-state index contributed by atoms with van der Waals surface area (Å²) >= 11 is 1.38. The molecule has 7 heteroatoms. The molecule has 0 saturated heterocycles. The number of nitrogens with zero attached hydrogens (tertiary/aromatic N) is 4. The fourth-order valence-corrected chi connectivity index (χ4v) is 3.32. The van der Waals surface area contributed by atoms with E-state index in [9.17, 15) is 4.79 Å². The van der Waals surface area contributed by atoms with Gasteiger partial charge in [0.1, 0.15) is 5.82 Å². The Kier molecular flexibility index (Phi) is 5.19. The summed E-state index contributed by atoms with van der Waals surface area (Å²) in [6, 6.07) is 8.93. The Morgan fingerprint density at radius 2 is 2.36 bits per heavy atom. The summed E-state index contributed by atoms with van der Waals surface area (Å²) in [6.45, 7) is 6.26. The zero-order chi connectivity index (χ0) is 17.8. The van der Waals surface area contributed by atoms with Crippen molar-refractivity contribution in [1.29, 1.82) is 5.26 Å². The first-order chi connectivity index (χ1) is 12.1. The molecule has 1 heterocycles. The number of carbonyl (C=O) groups excluding carboxylic acids is 1. The third kappa shape index (κ3) is 4.09. The highest BCUT2D eigenvalue weighted by Gasteiger charge is 2.30. The molecule has 1 aromatic heterocycles. The van der Waals surface area contributed by atoms with E-state index in [-0.39, 0.29) is 11.2 Å². The van der Waals surface area contributed by atoms with Gasteiger partial charge in [-0.1, -0.05) is 23.9 Å². The molecule has 1 amide bonds. The van der Waals surface area contributed by atoms with Crippen LogP contribution in [0.5, 0.6) is 0 Å². The first kappa shape index (κ1) is 17.2. The maximum atomic E-state index is 12.4. The maximum Gasteiger partial charge on any atom is 0.237 e. The number of nitriles is 1. The van der Waals surface area contributed by atoms with Gasteiger partial charge in [0.05, 0.1) is 16.9 Å². The van der Waals surface area contributed by atoms with E-state index in [1.807, 2.05) is 17.6 Å². The number of rotatable bonds is 7. The summed E-state index contributed by atoms with van der Waals surface area (Å²) in [6.07, 6.45) is 4.11. The molecule has 1 aromatic carbocycles. The maximum absolute atomic E-state index is 12.4. The number of amides is 1. The van der Waals surface area contributed by atoms with E-state index in [1.54, 1.807) is 24.3 Å². The van der Waals surface area contributed by atoms with Crippen molar-refractivity contribution < 1.29 is 4.79 Å². The number of carbonyl (C=O) groups is 1. The van der Waals surface area contributed by atoms with Gasteiger partial charge >= 0.3 is 0 Å². The molecule has 6 nitrogen and oxygen atoms in total. The van der Waals surface area contributed by atoms with Crippen LogP contribution in [0.3, 0.4) is 0 Å². The normalized spacial score (nSPS) is 14.6. The minimum absolute atomic E-state index is 0.138. The van der Waals surface area contributed by atoms with Crippen LogP contribution >= 0.6 is 11.8 Å². The van der Waals surface area contributed by atoms with Crippen LogP contribution < -0.4 is 5.32 Å². The number of allylic oxidation sites excluding steroid dienone is 1. The molecule has 0 bridgehead atoms. The number of hydrogen-bond acceptors (Lipinski definition) is 5. The molecule has 0 aliphatic heterocycles. The van der Waals surface area contributed by atoms with Crippen molar-refractivity contribution in [3.8, 4) is 6.07 Å². The van der Waals surface area contributed by atoms with Gasteiger partial charge in [0.2, 0.25) is 5.91 Å². The fourth-order valence-electron chi connectivity index (χ4n) is 2.45. The molecule has 1 atom stereocenters. The van der Waals surface area contributed by atoms with Crippen LogP contribution in [0.2, 0.25) is 0 Å². The lowest BCUT2D eigenvalue weighted by molar-refractivity contribution is -0.115. The minimum Gasteiger partial charge on any atom is -0.325 e. The van der Waals surface area contributed by atoms with Gasteiger partial charge in [0.15, 0.2) is 5.16 Å². The summed E-state index contributed by atoms with van der Waals surface area (Å²) in [7, 11) is 0. The van der Waals surface area contributed by atoms with Crippen molar-refractivity contribution in [1.82, 2.24) is 14.8 Å². The summed E-state index contributed by atoms with van der Waals surface area (Å²) in [4.78, 5) is 12.4. The largest absolute Gasteiger partial charge is 0.325 e. The Morgan fingerprint density at radius 1 is 1.56 bits per heavy atom. The molecule has 0 spiro atoms. The summed E-state index contributed by atoms with van der Waals surface area (Å²) in [5.41, 5.74) is 1.13. The van der Waals surface area contributed by atoms with Gasteiger partial charge < -0.3 is 9.88 Å². The number of aromatic nitrogens is 3. The highest BCUT2D eigenvalue weighted by molar-refractivity contribution is 8.00. The Balaban J connectivity index is 1.69. The van der Waals surface area contributed by atoms with Gasteiger partial charge in [-0.15, -0.1) is 16.8 Å². The van der Waals surface area contributed by atoms with Crippen LogP contribution in [0.25, 0.3) is 0 Å². The lowest BCUT2D eigenvalue weighted by Gasteiger charge is -2.13. The van der Waals surface area contributed by atoms with Crippen LogP contribution in [0, 0.1) is 11.3 Å². The van der Waals surface area contributed by atoms with Crippen LogP contribution in [0.4, 0.5) is 5.69 Å². The van der Waals surface area contributed by atoms with Crippen LogP contribution in [-0.2, 0) is 11.3 Å². The standard InChI is InChI=1S/C18H19N5OS/c1-3-9-23-16(14-7-8-14)21-22-18(23)25-12(2)17(24)20-15-6-4-5-13(10-15)11-19/h3-6,10,12,14H,1,7-9H2,2H3,(H,20,24). The molecule has 1 N–H and O–H groups in total. The molecule has 1 aliphatic carbocycles. The second kappa shape index (κ2) is 7.53. The second-order valence-corrected chi connectivity index (χ2v) is 7.26.